The maximum atomic E-state index is 12.3. The lowest BCUT2D eigenvalue weighted by atomic mass is 10.2. The molecule has 1 fully saturated rings. The largest absolute Gasteiger partial charge is 0.339 e. The van der Waals surface area contributed by atoms with Gasteiger partial charge in [0.1, 0.15) is 5.69 Å². The molecule has 102 valence electrons. The topological polar surface area (TPSA) is 79.5 Å². The zero-order chi connectivity index (χ0) is 13.8. The lowest BCUT2D eigenvalue weighted by Crippen LogP contribution is -2.50. The van der Waals surface area contributed by atoms with E-state index in [1.165, 1.54) is 0 Å². The average Bonchev–Trinajstić information content (AvgIpc) is 2.46. The van der Waals surface area contributed by atoms with E-state index in [4.69, 9.17) is 5.73 Å². The monoisotopic (exact) mass is 262 g/mol. The Balaban J connectivity index is 2.02. The second-order valence-electron chi connectivity index (χ2n) is 4.55. The number of rotatable bonds is 2. The van der Waals surface area contributed by atoms with E-state index >= 15 is 0 Å². The van der Waals surface area contributed by atoms with Crippen LogP contribution in [0.5, 0.6) is 0 Å². The van der Waals surface area contributed by atoms with Gasteiger partial charge in [-0.1, -0.05) is 0 Å². The fraction of sp³-hybridized carbons (Fsp3) is 0.462. The van der Waals surface area contributed by atoms with Gasteiger partial charge in [-0.25, -0.2) is 0 Å². The molecule has 1 saturated heterocycles. The Hall–Kier alpha value is -1.95. The number of carbonyl (C=O) groups is 2. The summed E-state index contributed by atoms with van der Waals surface area (Å²) < 4.78 is 0. The molecule has 1 aliphatic rings. The van der Waals surface area contributed by atoms with Crippen LogP contribution in [-0.2, 0) is 11.3 Å². The van der Waals surface area contributed by atoms with E-state index in [-0.39, 0.29) is 11.8 Å². The third kappa shape index (κ3) is 3.08. The predicted molar refractivity (Wildman–Crippen MR) is 70.3 cm³/mol. The third-order valence-electron chi connectivity index (χ3n) is 3.29. The average molecular weight is 262 g/mol. The molecule has 0 unspecified atom stereocenters. The Morgan fingerprint density at radius 3 is 2.47 bits per heavy atom. The van der Waals surface area contributed by atoms with Gasteiger partial charge in [0.2, 0.25) is 5.91 Å². The molecule has 2 amide bonds. The van der Waals surface area contributed by atoms with Gasteiger partial charge in [-0.2, -0.15) is 0 Å². The van der Waals surface area contributed by atoms with Crippen molar-refractivity contribution in [2.45, 2.75) is 13.5 Å². The van der Waals surface area contributed by atoms with Crippen molar-refractivity contribution in [2.75, 3.05) is 26.2 Å². The lowest BCUT2D eigenvalue weighted by molar-refractivity contribution is -0.130. The number of hydrogen-bond acceptors (Lipinski definition) is 4. The molecule has 0 aromatic carbocycles. The number of pyridine rings is 1. The molecule has 2 N–H and O–H groups in total. The molecule has 0 saturated carbocycles. The van der Waals surface area contributed by atoms with Crippen LogP contribution in [0, 0.1) is 0 Å². The van der Waals surface area contributed by atoms with Gasteiger partial charge in [-0.05, 0) is 17.7 Å². The first-order chi connectivity index (χ1) is 9.11. The Bertz CT molecular complexity index is 481. The van der Waals surface area contributed by atoms with Crippen LogP contribution in [0.15, 0.2) is 18.3 Å². The highest BCUT2D eigenvalue weighted by Gasteiger charge is 2.23. The van der Waals surface area contributed by atoms with Crippen molar-refractivity contribution in [3.63, 3.8) is 0 Å². The molecule has 2 heterocycles. The van der Waals surface area contributed by atoms with Crippen LogP contribution >= 0.6 is 0 Å². The highest BCUT2D eigenvalue weighted by atomic mass is 16.2. The first kappa shape index (κ1) is 13.5. The van der Waals surface area contributed by atoms with E-state index < -0.39 is 0 Å². The van der Waals surface area contributed by atoms with Crippen molar-refractivity contribution in [2.24, 2.45) is 5.73 Å². The second kappa shape index (κ2) is 5.79. The number of piperazine rings is 1. The van der Waals surface area contributed by atoms with E-state index in [1.807, 2.05) is 0 Å². The van der Waals surface area contributed by atoms with Gasteiger partial charge >= 0.3 is 0 Å². The van der Waals surface area contributed by atoms with E-state index in [0.29, 0.717) is 38.4 Å². The first-order valence-corrected chi connectivity index (χ1v) is 6.31. The summed E-state index contributed by atoms with van der Waals surface area (Å²) in [6.45, 7) is 4.19. The standard InChI is InChI=1S/C13H18N4O2/c1-10(18)16-4-6-17(7-5-16)13(19)12-8-11(9-14)2-3-15-12/h2-3,8H,4-7,9,14H2,1H3. The van der Waals surface area contributed by atoms with Crippen molar-refractivity contribution < 1.29 is 9.59 Å². The van der Waals surface area contributed by atoms with E-state index in [2.05, 4.69) is 4.98 Å². The highest BCUT2D eigenvalue weighted by Crippen LogP contribution is 2.08. The van der Waals surface area contributed by atoms with Crippen molar-refractivity contribution in [3.05, 3.63) is 29.6 Å². The SMILES string of the molecule is CC(=O)N1CCN(C(=O)c2cc(CN)ccn2)CC1. The summed E-state index contributed by atoms with van der Waals surface area (Å²) in [6.07, 6.45) is 1.60. The fourth-order valence-corrected chi connectivity index (χ4v) is 2.10. The summed E-state index contributed by atoms with van der Waals surface area (Å²) in [7, 11) is 0. The molecular weight excluding hydrogens is 244 g/mol. The van der Waals surface area contributed by atoms with Crippen LogP contribution < -0.4 is 5.73 Å². The molecule has 6 nitrogen and oxygen atoms in total. The van der Waals surface area contributed by atoms with Crippen LogP contribution in [-0.4, -0.2) is 52.8 Å². The van der Waals surface area contributed by atoms with Gasteiger partial charge in [0, 0.05) is 45.8 Å². The normalized spacial score (nSPS) is 15.5. The zero-order valence-corrected chi connectivity index (χ0v) is 11.0. The number of amides is 2. The molecule has 2 rings (SSSR count). The van der Waals surface area contributed by atoms with Crippen molar-refractivity contribution in [1.82, 2.24) is 14.8 Å². The number of nitrogens with zero attached hydrogens (tertiary/aromatic N) is 3. The minimum Gasteiger partial charge on any atom is -0.339 e. The summed E-state index contributed by atoms with van der Waals surface area (Å²) in [5.41, 5.74) is 6.86. The lowest BCUT2D eigenvalue weighted by Gasteiger charge is -2.34. The van der Waals surface area contributed by atoms with E-state index in [9.17, 15) is 9.59 Å². The minimum atomic E-state index is -0.0986. The van der Waals surface area contributed by atoms with Gasteiger partial charge in [0.05, 0.1) is 0 Å². The van der Waals surface area contributed by atoms with Gasteiger partial charge in [-0.3, -0.25) is 14.6 Å². The molecular formula is C13H18N4O2. The second-order valence-corrected chi connectivity index (χ2v) is 4.55. The summed E-state index contributed by atoms with van der Waals surface area (Å²) in [4.78, 5) is 31.0. The summed E-state index contributed by atoms with van der Waals surface area (Å²) in [5.74, 6) is -0.0474. The number of carbonyl (C=O) groups excluding carboxylic acids is 2. The fourth-order valence-electron chi connectivity index (χ4n) is 2.10. The van der Waals surface area contributed by atoms with Crippen LogP contribution in [0.25, 0.3) is 0 Å². The molecule has 0 bridgehead atoms. The molecule has 0 aliphatic carbocycles. The third-order valence-corrected chi connectivity index (χ3v) is 3.29. The van der Waals surface area contributed by atoms with E-state index in [1.54, 1.807) is 35.1 Å². The van der Waals surface area contributed by atoms with Gasteiger partial charge < -0.3 is 15.5 Å². The molecule has 1 aromatic rings. The smallest absolute Gasteiger partial charge is 0.272 e. The van der Waals surface area contributed by atoms with Crippen molar-refractivity contribution in [1.29, 1.82) is 0 Å². The van der Waals surface area contributed by atoms with Crippen LogP contribution in [0.3, 0.4) is 0 Å². The molecule has 6 heteroatoms. The summed E-state index contributed by atoms with van der Waals surface area (Å²) >= 11 is 0. The molecule has 0 radical (unpaired) electrons. The van der Waals surface area contributed by atoms with Gasteiger partial charge in [-0.15, -0.1) is 0 Å². The molecule has 0 spiro atoms. The van der Waals surface area contributed by atoms with Crippen LogP contribution in [0.1, 0.15) is 23.0 Å². The number of aromatic nitrogens is 1. The van der Waals surface area contributed by atoms with Crippen LogP contribution in [0.2, 0.25) is 0 Å². The molecule has 1 aliphatic heterocycles. The van der Waals surface area contributed by atoms with E-state index in [0.717, 1.165) is 5.56 Å². The molecule has 0 atom stereocenters. The Morgan fingerprint density at radius 2 is 1.89 bits per heavy atom. The predicted octanol–water partition coefficient (Wildman–Crippen LogP) is -0.155. The van der Waals surface area contributed by atoms with Gasteiger partial charge in [0.15, 0.2) is 0 Å². The molecule has 1 aromatic heterocycles. The number of nitrogens with two attached hydrogens (primary N) is 1. The minimum absolute atomic E-state index is 0.0513. The van der Waals surface area contributed by atoms with Crippen LogP contribution in [0.4, 0.5) is 0 Å². The maximum Gasteiger partial charge on any atom is 0.272 e. The Labute approximate surface area is 112 Å². The summed E-state index contributed by atoms with van der Waals surface area (Å²) in [5, 5.41) is 0. The maximum absolute atomic E-state index is 12.3. The molecule has 19 heavy (non-hydrogen) atoms. The Kier molecular flexibility index (Phi) is 4.11. The quantitative estimate of drug-likeness (QED) is 0.803. The van der Waals surface area contributed by atoms with Crippen molar-refractivity contribution in [3.8, 4) is 0 Å². The summed E-state index contributed by atoms with van der Waals surface area (Å²) in [6, 6.07) is 3.52. The number of hydrogen-bond donors (Lipinski definition) is 1. The Morgan fingerprint density at radius 1 is 1.26 bits per heavy atom. The zero-order valence-electron chi connectivity index (χ0n) is 11.0. The van der Waals surface area contributed by atoms with Crippen molar-refractivity contribution >= 4 is 11.8 Å². The highest BCUT2D eigenvalue weighted by molar-refractivity contribution is 5.92. The van der Waals surface area contributed by atoms with Gasteiger partial charge in [0.25, 0.3) is 5.91 Å². The first-order valence-electron chi connectivity index (χ1n) is 6.31.